The van der Waals surface area contributed by atoms with Crippen molar-refractivity contribution >= 4 is 32.5 Å². The molecule has 3 aromatic rings. The van der Waals surface area contributed by atoms with E-state index in [-0.39, 0.29) is 22.9 Å². The molecule has 0 spiro atoms. The first-order valence-corrected chi connectivity index (χ1v) is 12.7. The van der Waals surface area contributed by atoms with E-state index in [0.717, 1.165) is 24.8 Å². The summed E-state index contributed by atoms with van der Waals surface area (Å²) in [5.74, 6) is 0.268. The van der Waals surface area contributed by atoms with Gasteiger partial charge < -0.3 is 4.90 Å². The van der Waals surface area contributed by atoms with Crippen LogP contribution < -0.4 is 10.5 Å². The number of fused-ring (bicyclic) bond motifs is 2. The van der Waals surface area contributed by atoms with Crippen LogP contribution in [0.3, 0.4) is 0 Å². The van der Waals surface area contributed by atoms with Gasteiger partial charge in [0.1, 0.15) is 12.4 Å². The highest BCUT2D eigenvalue weighted by Gasteiger charge is 2.30. The highest BCUT2D eigenvalue weighted by molar-refractivity contribution is 7.89. The fourth-order valence-electron chi connectivity index (χ4n) is 4.76. The van der Waals surface area contributed by atoms with Gasteiger partial charge in [0.05, 0.1) is 15.8 Å². The molecule has 0 atom stereocenters. The van der Waals surface area contributed by atoms with Crippen molar-refractivity contribution in [1.29, 1.82) is 0 Å². The summed E-state index contributed by atoms with van der Waals surface area (Å²) >= 11 is 0. The minimum absolute atomic E-state index is 0.115. The molecule has 2 aliphatic heterocycles. The van der Waals surface area contributed by atoms with Gasteiger partial charge >= 0.3 is 0 Å². The summed E-state index contributed by atoms with van der Waals surface area (Å²) in [6, 6.07) is 12.1. The van der Waals surface area contributed by atoms with Crippen LogP contribution in [0, 0.1) is 6.92 Å². The predicted octanol–water partition coefficient (Wildman–Crippen LogP) is 2.47. The third kappa shape index (κ3) is 3.85. The second kappa shape index (κ2) is 8.39. The van der Waals surface area contributed by atoms with Gasteiger partial charge in [-0.3, -0.25) is 14.2 Å². The van der Waals surface area contributed by atoms with Gasteiger partial charge in [0, 0.05) is 25.3 Å². The van der Waals surface area contributed by atoms with E-state index in [1.54, 1.807) is 48.2 Å². The Morgan fingerprint density at radius 1 is 1.03 bits per heavy atom. The van der Waals surface area contributed by atoms with Crippen LogP contribution in [0.25, 0.3) is 10.9 Å². The highest BCUT2D eigenvalue weighted by Crippen LogP contribution is 2.31. The van der Waals surface area contributed by atoms with Gasteiger partial charge in [0.2, 0.25) is 15.9 Å². The van der Waals surface area contributed by atoms with Crippen molar-refractivity contribution in [2.75, 3.05) is 24.5 Å². The molecule has 172 valence electrons. The standard InChI is InChI=1S/C24H26N4O4S/c1-17-25-21-9-3-2-8-20(21)24(30)28(17)16-23(29)27-14-6-7-18-15-19(10-11-22(18)27)33(31,32)26-12-4-5-13-26/h2-3,8-11,15H,4-7,12-14,16H2,1H3. The van der Waals surface area contributed by atoms with E-state index in [4.69, 9.17) is 0 Å². The molecule has 9 heteroatoms. The molecule has 0 radical (unpaired) electrons. The topological polar surface area (TPSA) is 92.6 Å². The Kier molecular flexibility index (Phi) is 5.54. The summed E-state index contributed by atoms with van der Waals surface area (Å²) in [6.45, 7) is 3.24. The summed E-state index contributed by atoms with van der Waals surface area (Å²) in [5, 5.41) is 0.478. The summed E-state index contributed by atoms with van der Waals surface area (Å²) in [6.07, 6.45) is 3.21. The number of hydrogen-bond donors (Lipinski definition) is 0. The number of sulfonamides is 1. The van der Waals surface area contributed by atoms with Gasteiger partial charge in [-0.1, -0.05) is 12.1 Å². The Morgan fingerprint density at radius 2 is 1.79 bits per heavy atom. The number of rotatable bonds is 4. The van der Waals surface area contributed by atoms with Crippen LogP contribution in [0.2, 0.25) is 0 Å². The minimum Gasteiger partial charge on any atom is -0.311 e. The molecule has 0 aliphatic carbocycles. The van der Waals surface area contributed by atoms with Gasteiger partial charge in [0.25, 0.3) is 5.56 Å². The number of hydrogen-bond acceptors (Lipinski definition) is 5. The van der Waals surface area contributed by atoms with Gasteiger partial charge in [-0.25, -0.2) is 13.4 Å². The maximum atomic E-state index is 13.3. The summed E-state index contributed by atoms with van der Waals surface area (Å²) in [5.41, 5.74) is 1.93. The smallest absolute Gasteiger partial charge is 0.261 e. The average Bonchev–Trinajstić information content (AvgIpc) is 3.37. The lowest BCUT2D eigenvalue weighted by atomic mass is 10.0. The fraction of sp³-hybridized carbons (Fsp3) is 0.375. The zero-order valence-electron chi connectivity index (χ0n) is 18.5. The maximum Gasteiger partial charge on any atom is 0.261 e. The predicted molar refractivity (Wildman–Crippen MR) is 126 cm³/mol. The number of amides is 1. The molecule has 33 heavy (non-hydrogen) atoms. The summed E-state index contributed by atoms with van der Waals surface area (Å²) in [4.78, 5) is 32.7. The van der Waals surface area contributed by atoms with Crippen LogP contribution in [0.4, 0.5) is 5.69 Å². The van der Waals surface area contributed by atoms with Gasteiger partial charge in [-0.2, -0.15) is 4.31 Å². The second-order valence-corrected chi connectivity index (χ2v) is 10.6. The van der Waals surface area contributed by atoms with Crippen LogP contribution in [0.15, 0.2) is 52.2 Å². The molecule has 0 saturated carbocycles. The normalized spacial score (nSPS) is 16.8. The molecule has 5 rings (SSSR count). The van der Waals surface area contributed by atoms with E-state index in [9.17, 15) is 18.0 Å². The Hall–Kier alpha value is -3.04. The largest absolute Gasteiger partial charge is 0.311 e. The first-order valence-electron chi connectivity index (χ1n) is 11.3. The summed E-state index contributed by atoms with van der Waals surface area (Å²) < 4.78 is 28.9. The van der Waals surface area contributed by atoms with Crippen molar-refractivity contribution in [3.8, 4) is 0 Å². The number of nitrogens with zero attached hydrogens (tertiary/aromatic N) is 4. The van der Waals surface area contributed by atoms with Gasteiger partial charge in [0.15, 0.2) is 0 Å². The van der Waals surface area contributed by atoms with Crippen molar-refractivity contribution in [3.63, 3.8) is 0 Å². The molecule has 0 N–H and O–H groups in total. The number of aromatic nitrogens is 2. The quantitative estimate of drug-likeness (QED) is 0.589. The van der Waals surface area contributed by atoms with Crippen LogP contribution in [-0.2, 0) is 27.8 Å². The first kappa shape index (κ1) is 21.8. The second-order valence-electron chi connectivity index (χ2n) is 8.62. The van der Waals surface area contributed by atoms with Crippen LogP contribution in [0.5, 0.6) is 0 Å². The molecule has 0 bridgehead atoms. The number of aryl methyl sites for hydroxylation is 2. The molecule has 0 unspecified atom stereocenters. The third-order valence-electron chi connectivity index (χ3n) is 6.52. The molecule has 2 aliphatic rings. The van der Waals surface area contributed by atoms with E-state index < -0.39 is 10.0 Å². The number of para-hydroxylation sites is 1. The average molecular weight is 467 g/mol. The SMILES string of the molecule is Cc1nc2ccccc2c(=O)n1CC(=O)N1CCCc2cc(S(=O)(=O)N3CCCC3)ccc21. The van der Waals surface area contributed by atoms with Gasteiger partial charge in [-0.05, 0) is 68.5 Å². The molecule has 8 nitrogen and oxygen atoms in total. The zero-order valence-corrected chi connectivity index (χ0v) is 19.3. The molecule has 1 aromatic heterocycles. The van der Waals surface area contributed by atoms with E-state index in [1.807, 2.05) is 6.07 Å². The van der Waals surface area contributed by atoms with E-state index >= 15 is 0 Å². The van der Waals surface area contributed by atoms with Crippen molar-refractivity contribution in [3.05, 3.63) is 64.2 Å². The number of carbonyl (C=O) groups is 1. The lowest BCUT2D eigenvalue weighted by Crippen LogP contribution is -2.40. The van der Waals surface area contributed by atoms with Crippen molar-refractivity contribution < 1.29 is 13.2 Å². The van der Waals surface area contributed by atoms with Crippen LogP contribution in [0.1, 0.15) is 30.7 Å². The van der Waals surface area contributed by atoms with E-state index in [1.165, 1.54) is 8.87 Å². The summed E-state index contributed by atoms with van der Waals surface area (Å²) in [7, 11) is -3.51. The molecular weight excluding hydrogens is 440 g/mol. The van der Waals surface area contributed by atoms with Crippen molar-refractivity contribution in [1.82, 2.24) is 13.9 Å². The third-order valence-corrected chi connectivity index (χ3v) is 8.41. The Morgan fingerprint density at radius 3 is 2.58 bits per heavy atom. The lowest BCUT2D eigenvalue weighted by molar-refractivity contribution is -0.119. The Balaban J connectivity index is 1.45. The molecule has 1 saturated heterocycles. The molecule has 2 aromatic carbocycles. The number of anilines is 1. The van der Waals surface area contributed by atoms with E-state index in [2.05, 4.69) is 4.98 Å². The van der Waals surface area contributed by atoms with Crippen molar-refractivity contribution in [2.24, 2.45) is 0 Å². The monoisotopic (exact) mass is 466 g/mol. The molecule has 3 heterocycles. The highest BCUT2D eigenvalue weighted by atomic mass is 32.2. The minimum atomic E-state index is -3.51. The molecule has 1 amide bonds. The van der Waals surface area contributed by atoms with Gasteiger partial charge in [-0.15, -0.1) is 0 Å². The first-order chi connectivity index (χ1) is 15.9. The Labute approximate surface area is 192 Å². The zero-order chi connectivity index (χ0) is 23.2. The number of carbonyl (C=O) groups excluding carboxylic acids is 1. The fourth-order valence-corrected chi connectivity index (χ4v) is 6.32. The molecule has 1 fully saturated rings. The van der Waals surface area contributed by atoms with Crippen LogP contribution in [-0.4, -0.2) is 47.8 Å². The maximum absolute atomic E-state index is 13.3. The molecular formula is C24H26N4O4S. The Bertz CT molecular complexity index is 1410. The number of benzene rings is 2. The van der Waals surface area contributed by atoms with Crippen molar-refractivity contribution in [2.45, 2.75) is 44.0 Å². The van der Waals surface area contributed by atoms with E-state index in [0.29, 0.717) is 48.5 Å². The lowest BCUT2D eigenvalue weighted by Gasteiger charge is -2.30. The van der Waals surface area contributed by atoms with Crippen LogP contribution >= 0.6 is 0 Å².